The van der Waals surface area contributed by atoms with E-state index in [1.807, 2.05) is 48.5 Å². The fourth-order valence-electron chi connectivity index (χ4n) is 1.99. The van der Waals surface area contributed by atoms with E-state index in [2.05, 4.69) is 47.4 Å². The number of hydrogen-bond acceptors (Lipinski definition) is 3. The van der Waals surface area contributed by atoms with Gasteiger partial charge in [0.15, 0.2) is 0 Å². The molecule has 0 aliphatic rings. The zero-order chi connectivity index (χ0) is 19.2. The van der Waals surface area contributed by atoms with Crippen molar-refractivity contribution < 1.29 is 10.2 Å². The first-order valence-corrected chi connectivity index (χ1v) is 9.42. The Hall–Kier alpha value is -3.05. The quantitative estimate of drug-likeness (QED) is 0.630. The molecule has 0 radical (unpaired) electrons. The Morgan fingerprint density at radius 1 is 0.519 bits per heavy atom. The van der Waals surface area contributed by atoms with Crippen molar-refractivity contribution in [2.45, 2.75) is 0 Å². The van der Waals surface area contributed by atoms with E-state index in [1.165, 1.54) is 0 Å². The highest BCUT2D eigenvalue weighted by Gasteiger charge is 1.89. The highest BCUT2D eigenvalue weighted by molar-refractivity contribution is 7.99. The number of aliphatic hydroxyl groups excluding tert-OH is 2. The van der Waals surface area contributed by atoms with E-state index in [-0.39, 0.29) is 13.2 Å². The van der Waals surface area contributed by atoms with Crippen LogP contribution in [-0.4, -0.2) is 34.9 Å². The van der Waals surface area contributed by atoms with Crippen LogP contribution in [0.25, 0.3) is 0 Å². The summed E-state index contributed by atoms with van der Waals surface area (Å²) in [6.07, 6.45) is 0. The minimum atomic E-state index is -0.133. The van der Waals surface area contributed by atoms with Crippen molar-refractivity contribution in [3.63, 3.8) is 0 Å². The lowest BCUT2D eigenvalue weighted by molar-refractivity contribution is 0.350. The fraction of sp³-hybridized carbons (Fsp3) is 0.167. The minimum absolute atomic E-state index is 0.133. The molecule has 0 fully saturated rings. The molecule has 2 rings (SSSR count). The molecule has 2 aromatic rings. The van der Waals surface area contributed by atoms with Gasteiger partial charge in [0.25, 0.3) is 0 Å². The average molecular weight is 370 g/mol. The number of aliphatic hydroxyl groups is 2. The molecular formula is C24H18O2S. The molecule has 0 amide bonds. The summed E-state index contributed by atoms with van der Waals surface area (Å²) in [5.74, 6) is 24.8. The van der Waals surface area contributed by atoms with Crippen LogP contribution in [0.15, 0.2) is 48.5 Å². The number of thioether (sulfide) groups is 1. The summed E-state index contributed by atoms with van der Waals surface area (Å²) in [6.45, 7) is -0.265. The van der Waals surface area contributed by atoms with Crippen LogP contribution in [0.5, 0.6) is 0 Å². The molecule has 132 valence electrons. The van der Waals surface area contributed by atoms with E-state index in [0.717, 1.165) is 33.8 Å². The lowest BCUT2D eigenvalue weighted by Crippen LogP contribution is -1.81. The first kappa shape index (κ1) is 20.3. The molecule has 0 unspecified atom stereocenters. The van der Waals surface area contributed by atoms with Crippen molar-refractivity contribution in [1.82, 2.24) is 0 Å². The van der Waals surface area contributed by atoms with Gasteiger partial charge in [-0.05, 0) is 48.5 Å². The predicted molar refractivity (Wildman–Crippen MR) is 112 cm³/mol. The summed E-state index contributed by atoms with van der Waals surface area (Å²) in [6, 6.07) is 15.3. The van der Waals surface area contributed by atoms with Gasteiger partial charge in [0.05, 0.1) is 11.5 Å². The third-order valence-electron chi connectivity index (χ3n) is 3.21. The maximum atomic E-state index is 8.67. The summed E-state index contributed by atoms with van der Waals surface area (Å²) in [5, 5.41) is 17.3. The normalized spacial score (nSPS) is 8.67. The fourth-order valence-corrected chi connectivity index (χ4v) is 2.44. The van der Waals surface area contributed by atoms with Crippen molar-refractivity contribution in [3.05, 3.63) is 70.8 Å². The summed E-state index contributed by atoms with van der Waals surface area (Å²) < 4.78 is 0. The number of hydrogen-bond donors (Lipinski definition) is 2. The van der Waals surface area contributed by atoms with Gasteiger partial charge in [-0.3, -0.25) is 0 Å². The van der Waals surface area contributed by atoms with Crippen LogP contribution in [-0.2, 0) is 0 Å². The van der Waals surface area contributed by atoms with Gasteiger partial charge in [0, 0.05) is 22.3 Å². The summed E-state index contributed by atoms with van der Waals surface area (Å²) in [7, 11) is 0. The van der Waals surface area contributed by atoms with Gasteiger partial charge in [-0.2, -0.15) is 0 Å². The zero-order valence-corrected chi connectivity index (χ0v) is 15.6. The Kier molecular flexibility index (Phi) is 9.25. The monoisotopic (exact) mass is 370 g/mol. The second-order valence-corrected chi connectivity index (χ2v) is 6.16. The Balaban J connectivity index is 1.75. The van der Waals surface area contributed by atoms with Crippen molar-refractivity contribution in [3.8, 4) is 47.4 Å². The highest BCUT2D eigenvalue weighted by Crippen LogP contribution is 2.04. The van der Waals surface area contributed by atoms with Gasteiger partial charge >= 0.3 is 0 Å². The van der Waals surface area contributed by atoms with Crippen LogP contribution in [0, 0.1) is 47.4 Å². The van der Waals surface area contributed by atoms with E-state index in [9.17, 15) is 0 Å². The second-order valence-electron chi connectivity index (χ2n) is 5.17. The number of benzene rings is 2. The van der Waals surface area contributed by atoms with Gasteiger partial charge in [-0.25, -0.2) is 0 Å². The van der Waals surface area contributed by atoms with Crippen LogP contribution in [0.1, 0.15) is 22.3 Å². The Bertz CT molecular complexity index is 891. The Morgan fingerprint density at radius 2 is 0.815 bits per heavy atom. The topological polar surface area (TPSA) is 40.5 Å². The third kappa shape index (κ3) is 8.25. The second kappa shape index (κ2) is 12.3. The van der Waals surface area contributed by atoms with E-state index in [0.29, 0.717) is 0 Å². The molecule has 2 N–H and O–H groups in total. The molecule has 0 heterocycles. The smallest absolute Gasteiger partial charge is 0.104 e. The SMILES string of the molecule is OCC#Cc1ccc(C#CCSCC#Cc2ccc(C#CCO)cc2)cc1. The molecule has 0 spiro atoms. The zero-order valence-electron chi connectivity index (χ0n) is 14.7. The molecule has 27 heavy (non-hydrogen) atoms. The highest BCUT2D eigenvalue weighted by atomic mass is 32.2. The third-order valence-corrected chi connectivity index (χ3v) is 3.90. The van der Waals surface area contributed by atoms with Crippen LogP contribution >= 0.6 is 11.8 Å². The molecule has 0 atom stereocenters. The van der Waals surface area contributed by atoms with Gasteiger partial charge in [0.2, 0.25) is 0 Å². The Labute approximate surface area is 165 Å². The molecular weight excluding hydrogens is 352 g/mol. The van der Waals surface area contributed by atoms with E-state index in [4.69, 9.17) is 10.2 Å². The molecule has 3 heteroatoms. The molecule has 0 aliphatic heterocycles. The summed E-state index contributed by atoms with van der Waals surface area (Å²) >= 11 is 1.67. The minimum Gasteiger partial charge on any atom is -0.384 e. The van der Waals surface area contributed by atoms with E-state index < -0.39 is 0 Å². The molecule has 0 aliphatic carbocycles. The van der Waals surface area contributed by atoms with Crippen molar-refractivity contribution >= 4 is 11.8 Å². The van der Waals surface area contributed by atoms with Gasteiger partial charge in [-0.15, -0.1) is 11.8 Å². The van der Waals surface area contributed by atoms with Crippen LogP contribution in [0.3, 0.4) is 0 Å². The standard InChI is InChI=1S/C24H18O2S/c25-17-1-5-21-9-13-23(14-10-21)7-3-19-27-20-4-8-24-15-11-22(12-16-24)6-2-18-26/h9-16,25-26H,17-20H2. The van der Waals surface area contributed by atoms with Gasteiger partial charge in [-0.1, -0.05) is 47.4 Å². The first-order valence-electron chi connectivity index (χ1n) is 8.27. The van der Waals surface area contributed by atoms with Crippen molar-refractivity contribution in [2.24, 2.45) is 0 Å². The maximum Gasteiger partial charge on any atom is 0.104 e. The largest absolute Gasteiger partial charge is 0.384 e. The average Bonchev–Trinajstić information content (AvgIpc) is 2.71. The molecule has 0 aromatic heterocycles. The van der Waals surface area contributed by atoms with Crippen LogP contribution < -0.4 is 0 Å². The molecule has 2 aromatic carbocycles. The molecule has 0 saturated carbocycles. The van der Waals surface area contributed by atoms with Crippen LogP contribution in [0.2, 0.25) is 0 Å². The van der Waals surface area contributed by atoms with Gasteiger partial charge in [0.1, 0.15) is 13.2 Å². The van der Waals surface area contributed by atoms with Crippen molar-refractivity contribution in [2.75, 3.05) is 24.7 Å². The summed E-state index contributed by atoms with van der Waals surface area (Å²) in [5.41, 5.74) is 3.63. The molecule has 0 saturated heterocycles. The lowest BCUT2D eigenvalue weighted by Gasteiger charge is -1.92. The van der Waals surface area contributed by atoms with E-state index >= 15 is 0 Å². The van der Waals surface area contributed by atoms with Gasteiger partial charge < -0.3 is 10.2 Å². The number of rotatable bonds is 2. The maximum absolute atomic E-state index is 8.67. The molecule has 2 nitrogen and oxygen atoms in total. The van der Waals surface area contributed by atoms with Crippen LogP contribution in [0.4, 0.5) is 0 Å². The van der Waals surface area contributed by atoms with E-state index in [1.54, 1.807) is 11.8 Å². The Morgan fingerprint density at radius 3 is 1.11 bits per heavy atom. The van der Waals surface area contributed by atoms with Crippen molar-refractivity contribution in [1.29, 1.82) is 0 Å². The molecule has 0 bridgehead atoms. The summed E-state index contributed by atoms with van der Waals surface area (Å²) in [4.78, 5) is 0. The first-order chi connectivity index (χ1) is 13.3. The lowest BCUT2D eigenvalue weighted by atomic mass is 10.1. The predicted octanol–water partition coefficient (Wildman–Crippen LogP) is 2.51.